The summed E-state index contributed by atoms with van der Waals surface area (Å²) in [4.78, 5) is 4.20. The van der Waals surface area contributed by atoms with Crippen LogP contribution in [0.2, 0.25) is 0 Å². The fourth-order valence-corrected chi connectivity index (χ4v) is 2.89. The topological polar surface area (TPSA) is 38.1 Å². The summed E-state index contributed by atoms with van der Waals surface area (Å²) in [6.45, 7) is 1.89. The van der Waals surface area contributed by atoms with Gasteiger partial charge in [-0.3, -0.25) is 0 Å². The normalized spacial score (nSPS) is 13.5. The molecule has 0 saturated heterocycles. The van der Waals surface area contributed by atoms with Crippen LogP contribution in [0.3, 0.4) is 0 Å². The lowest BCUT2D eigenvalue weighted by Crippen LogP contribution is -2.05. The second-order valence-corrected chi connectivity index (χ2v) is 5.61. The van der Waals surface area contributed by atoms with Crippen molar-refractivity contribution >= 4 is 26.7 Å². The smallest absolute Gasteiger partial charge is 0.416 e. The molecule has 0 fully saturated rings. The molecule has 21 heavy (non-hydrogen) atoms. The van der Waals surface area contributed by atoms with Gasteiger partial charge < -0.3 is 9.73 Å². The van der Waals surface area contributed by atoms with E-state index in [9.17, 15) is 13.2 Å². The van der Waals surface area contributed by atoms with Crippen molar-refractivity contribution in [3.05, 3.63) is 47.9 Å². The summed E-state index contributed by atoms with van der Waals surface area (Å²) in [6, 6.07) is 7.07. The predicted octanol–water partition coefficient (Wildman–Crippen LogP) is 5.08. The number of anilines is 1. The Bertz CT molecular complexity index is 749. The van der Waals surface area contributed by atoms with E-state index in [1.807, 2.05) is 13.0 Å². The predicted molar refractivity (Wildman–Crippen MR) is 75.4 cm³/mol. The Morgan fingerprint density at radius 3 is 2.76 bits per heavy atom. The van der Waals surface area contributed by atoms with E-state index in [4.69, 9.17) is 4.42 Å². The molecular formula is C14H11F3N2OS. The quantitative estimate of drug-likeness (QED) is 0.733. The van der Waals surface area contributed by atoms with Crippen molar-refractivity contribution in [1.29, 1.82) is 0 Å². The van der Waals surface area contributed by atoms with Gasteiger partial charge in [-0.1, -0.05) is 11.3 Å². The van der Waals surface area contributed by atoms with Gasteiger partial charge in [0.05, 0.1) is 28.1 Å². The van der Waals surface area contributed by atoms with E-state index >= 15 is 0 Å². The van der Waals surface area contributed by atoms with Gasteiger partial charge in [0.15, 0.2) is 5.13 Å². The molecule has 0 amide bonds. The highest BCUT2D eigenvalue weighted by atomic mass is 32.1. The van der Waals surface area contributed by atoms with Crippen molar-refractivity contribution in [1.82, 2.24) is 4.98 Å². The molecule has 1 N–H and O–H groups in total. The number of nitrogens with one attached hydrogen (secondary N) is 1. The number of hydrogen-bond donors (Lipinski definition) is 1. The highest BCUT2D eigenvalue weighted by Gasteiger charge is 2.30. The minimum absolute atomic E-state index is 0.109. The summed E-state index contributed by atoms with van der Waals surface area (Å²) < 4.78 is 44.0. The molecule has 0 aliphatic heterocycles. The molecule has 1 atom stereocenters. The largest absolute Gasteiger partial charge is 0.467 e. The van der Waals surface area contributed by atoms with Gasteiger partial charge in [-0.2, -0.15) is 13.2 Å². The minimum atomic E-state index is -4.35. The number of furan rings is 1. The second kappa shape index (κ2) is 5.07. The number of hydrogen-bond acceptors (Lipinski definition) is 4. The summed E-state index contributed by atoms with van der Waals surface area (Å²) in [7, 11) is 0. The highest BCUT2D eigenvalue weighted by Crippen LogP contribution is 2.34. The van der Waals surface area contributed by atoms with E-state index in [1.54, 1.807) is 12.3 Å². The average Bonchev–Trinajstić information content (AvgIpc) is 3.05. The Morgan fingerprint density at radius 2 is 2.10 bits per heavy atom. The van der Waals surface area contributed by atoms with E-state index in [-0.39, 0.29) is 6.04 Å². The number of fused-ring (bicyclic) bond motifs is 1. The molecule has 0 spiro atoms. The van der Waals surface area contributed by atoms with Crippen molar-refractivity contribution in [2.24, 2.45) is 0 Å². The van der Waals surface area contributed by atoms with Gasteiger partial charge in [-0.25, -0.2) is 4.98 Å². The summed E-state index contributed by atoms with van der Waals surface area (Å²) >= 11 is 1.31. The van der Waals surface area contributed by atoms with Gasteiger partial charge in [-0.05, 0) is 37.3 Å². The van der Waals surface area contributed by atoms with E-state index in [0.717, 1.165) is 17.9 Å². The lowest BCUT2D eigenvalue weighted by atomic mass is 10.2. The summed E-state index contributed by atoms with van der Waals surface area (Å²) in [5.41, 5.74) is -0.352. The molecule has 0 aliphatic carbocycles. The molecule has 3 aromatic rings. The Morgan fingerprint density at radius 1 is 1.29 bits per heavy atom. The van der Waals surface area contributed by atoms with Crippen molar-refractivity contribution < 1.29 is 17.6 Å². The van der Waals surface area contributed by atoms with Crippen LogP contribution in [-0.4, -0.2) is 4.98 Å². The molecule has 0 radical (unpaired) electrons. The van der Waals surface area contributed by atoms with E-state index < -0.39 is 11.7 Å². The van der Waals surface area contributed by atoms with Gasteiger partial charge in [0.2, 0.25) is 0 Å². The molecule has 0 bridgehead atoms. The maximum atomic E-state index is 12.7. The third-order valence-corrected chi connectivity index (χ3v) is 3.99. The zero-order valence-electron chi connectivity index (χ0n) is 10.9. The molecule has 0 aliphatic rings. The highest BCUT2D eigenvalue weighted by molar-refractivity contribution is 7.22. The SMILES string of the molecule is CC(Nc1nc2cc(C(F)(F)F)ccc2s1)c1ccco1. The molecular weight excluding hydrogens is 301 g/mol. The van der Waals surface area contributed by atoms with Crippen LogP contribution in [-0.2, 0) is 6.18 Å². The number of aromatic nitrogens is 1. The lowest BCUT2D eigenvalue weighted by Gasteiger charge is -2.08. The summed E-state index contributed by atoms with van der Waals surface area (Å²) in [6.07, 6.45) is -2.78. The summed E-state index contributed by atoms with van der Waals surface area (Å²) in [5, 5.41) is 3.69. The van der Waals surface area contributed by atoms with E-state index in [1.165, 1.54) is 17.4 Å². The Balaban J connectivity index is 1.87. The van der Waals surface area contributed by atoms with Crippen LogP contribution in [0.15, 0.2) is 41.0 Å². The Labute approximate surface area is 122 Å². The standard InChI is InChI=1S/C14H11F3N2OS/c1-8(11-3-2-6-20-11)18-13-19-10-7-9(14(15,16)17)4-5-12(10)21-13/h2-8H,1H3,(H,18,19). The van der Waals surface area contributed by atoms with E-state index in [0.29, 0.717) is 15.3 Å². The maximum absolute atomic E-state index is 12.7. The number of alkyl halides is 3. The number of nitrogens with zero attached hydrogens (tertiary/aromatic N) is 1. The number of halogens is 3. The van der Waals surface area contributed by atoms with Crippen molar-refractivity contribution in [3.63, 3.8) is 0 Å². The zero-order chi connectivity index (χ0) is 15.0. The molecule has 1 aromatic carbocycles. The molecule has 0 saturated carbocycles. The second-order valence-electron chi connectivity index (χ2n) is 4.58. The molecule has 7 heteroatoms. The van der Waals surface area contributed by atoms with Gasteiger partial charge in [-0.15, -0.1) is 0 Å². The van der Waals surface area contributed by atoms with Crippen LogP contribution >= 0.6 is 11.3 Å². The zero-order valence-corrected chi connectivity index (χ0v) is 11.8. The third-order valence-electron chi connectivity index (χ3n) is 3.02. The number of rotatable bonds is 3. The first kappa shape index (κ1) is 13.9. The molecule has 3 rings (SSSR count). The van der Waals surface area contributed by atoms with Crippen LogP contribution in [0, 0.1) is 0 Å². The monoisotopic (exact) mass is 312 g/mol. The first-order valence-electron chi connectivity index (χ1n) is 6.21. The lowest BCUT2D eigenvalue weighted by molar-refractivity contribution is -0.137. The van der Waals surface area contributed by atoms with Gasteiger partial charge in [0.25, 0.3) is 0 Å². The molecule has 110 valence electrons. The minimum Gasteiger partial charge on any atom is -0.467 e. The Kier molecular flexibility index (Phi) is 3.36. The van der Waals surface area contributed by atoms with Crippen LogP contribution in [0.5, 0.6) is 0 Å². The average molecular weight is 312 g/mol. The maximum Gasteiger partial charge on any atom is 0.416 e. The third kappa shape index (κ3) is 2.87. The van der Waals surface area contributed by atoms with Gasteiger partial charge >= 0.3 is 6.18 Å². The van der Waals surface area contributed by atoms with Gasteiger partial charge in [0, 0.05) is 0 Å². The van der Waals surface area contributed by atoms with Crippen LogP contribution in [0.25, 0.3) is 10.2 Å². The van der Waals surface area contributed by atoms with Crippen LogP contribution in [0.1, 0.15) is 24.3 Å². The molecule has 2 heterocycles. The molecule has 1 unspecified atom stereocenters. The number of benzene rings is 1. The number of thiazole rings is 1. The molecule has 2 aromatic heterocycles. The van der Waals surface area contributed by atoms with Gasteiger partial charge in [0.1, 0.15) is 5.76 Å². The first-order chi connectivity index (χ1) is 9.93. The van der Waals surface area contributed by atoms with Crippen molar-refractivity contribution in [2.75, 3.05) is 5.32 Å². The van der Waals surface area contributed by atoms with Crippen molar-refractivity contribution in [3.8, 4) is 0 Å². The summed E-state index contributed by atoms with van der Waals surface area (Å²) in [5.74, 6) is 0.741. The van der Waals surface area contributed by atoms with E-state index in [2.05, 4.69) is 10.3 Å². The Hall–Kier alpha value is -2.02. The van der Waals surface area contributed by atoms with Crippen LogP contribution in [0.4, 0.5) is 18.3 Å². The fourth-order valence-electron chi connectivity index (χ4n) is 1.96. The molecule has 3 nitrogen and oxygen atoms in total. The van der Waals surface area contributed by atoms with Crippen molar-refractivity contribution in [2.45, 2.75) is 19.1 Å². The fraction of sp³-hybridized carbons (Fsp3) is 0.214. The van der Waals surface area contributed by atoms with Crippen LogP contribution < -0.4 is 5.32 Å². The first-order valence-corrected chi connectivity index (χ1v) is 7.03.